The fourth-order valence-corrected chi connectivity index (χ4v) is 2.98. The predicted octanol–water partition coefficient (Wildman–Crippen LogP) is 2.17. The molecule has 0 atom stereocenters. The Morgan fingerprint density at radius 1 is 1.21 bits per heavy atom. The van der Waals surface area contributed by atoms with Gasteiger partial charge in [0.25, 0.3) is 0 Å². The Kier molecular flexibility index (Phi) is 8.07. The van der Waals surface area contributed by atoms with Crippen LogP contribution in [0, 0.1) is 0 Å². The number of ether oxygens (including phenoxy) is 1. The summed E-state index contributed by atoms with van der Waals surface area (Å²) in [4.78, 5) is 11.4. The van der Waals surface area contributed by atoms with Crippen LogP contribution in [0.5, 0.6) is 0 Å². The number of guanidine groups is 1. The molecule has 1 aromatic heterocycles. The minimum atomic E-state index is 0.319. The number of hydrogen-bond acceptors (Lipinski definition) is 6. The molecule has 0 amide bonds. The lowest BCUT2D eigenvalue weighted by molar-refractivity contribution is 0.0376. The van der Waals surface area contributed by atoms with Gasteiger partial charge in [0.15, 0.2) is 5.96 Å². The molecule has 0 saturated carbocycles. The number of rotatable bonds is 8. The van der Waals surface area contributed by atoms with E-state index in [1.807, 2.05) is 19.1 Å². The van der Waals surface area contributed by atoms with E-state index in [1.165, 1.54) is 0 Å². The van der Waals surface area contributed by atoms with E-state index in [0.29, 0.717) is 23.3 Å². The van der Waals surface area contributed by atoms with Crippen molar-refractivity contribution in [3.8, 4) is 11.4 Å². The van der Waals surface area contributed by atoms with Crippen LogP contribution in [-0.4, -0.2) is 66.9 Å². The normalized spacial score (nSPS) is 15.6. The van der Waals surface area contributed by atoms with Crippen LogP contribution in [-0.2, 0) is 11.3 Å². The number of aromatic nitrogens is 2. The van der Waals surface area contributed by atoms with Crippen LogP contribution in [0.25, 0.3) is 11.4 Å². The van der Waals surface area contributed by atoms with Crippen LogP contribution >= 0.6 is 11.6 Å². The zero-order valence-corrected chi connectivity index (χ0v) is 16.9. The predicted molar refractivity (Wildman–Crippen MR) is 109 cm³/mol. The van der Waals surface area contributed by atoms with Gasteiger partial charge in [0.2, 0.25) is 11.7 Å². The zero-order chi connectivity index (χ0) is 19.6. The maximum Gasteiger partial charge on any atom is 0.248 e. The summed E-state index contributed by atoms with van der Waals surface area (Å²) in [7, 11) is 0. The van der Waals surface area contributed by atoms with Gasteiger partial charge in [-0.1, -0.05) is 16.8 Å². The number of benzene rings is 1. The van der Waals surface area contributed by atoms with Gasteiger partial charge in [0, 0.05) is 36.8 Å². The van der Waals surface area contributed by atoms with Crippen LogP contribution in [0.3, 0.4) is 0 Å². The highest BCUT2D eigenvalue weighted by Gasteiger charge is 2.10. The van der Waals surface area contributed by atoms with Crippen LogP contribution in [0.1, 0.15) is 19.2 Å². The molecule has 0 spiro atoms. The van der Waals surface area contributed by atoms with Crippen molar-refractivity contribution in [3.63, 3.8) is 0 Å². The van der Waals surface area contributed by atoms with E-state index in [4.69, 9.17) is 20.9 Å². The fourth-order valence-electron chi connectivity index (χ4n) is 2.86. The molecule has 1 saturated heterocycles. The highest BCUT2D eigenvalue weighted by Crippen LogP contribution is 2.18. The summed E-state index contributed by atoms with van der Waals surface area (Å²) < 4.78 is 10.7. The Labute approximate surface area is 170 Å². The summed E-state index contributed by atoms with van der Waals surface area (Å²) in [5.41, 5.74) is 0.858. The average molecular weight is 407 g/mol. The molecule has 2 heterocycles. The Morgan fingerprint density at radius 2 is 2.00 bits per heavy atom. The molecule has 3 rings (SSSR count). The van der Waals surface area contributed by atoms with Gasteiger partial charge in [0.1, 0.15) is 6.54 Å². The van der Waals surface area contributed by atoms with E-state index < -0.39 is 0 Å². The third-order valence-corrected chi connectivity index (χ3v) is 4.59. The monoisotopic (exact) mass is 406 g/mol. The molecule has 1 aliphatic heterocycles. The average Bonchev–Trinajstić information content (AvgIpc) is 3.19. The van der Waals surface area contributed by atoms with Gasteiger partial charge < -0.3 is 19.9 Å². The summed E-state index contributed by atoms with van der Waals surface area (Å²) in [5, 5.41) is 11.3. The van der Waals surface area contributed by atoms with E-state index in [0.717, 1.165) is 63.9 Å². The van der Waals surface area contributed by atoms with Gasteiger partial charge in [-0.15, -0.1) is 0 Å². The van der Waals surface area contributed by atoms with Crippen molar-refractivity contribution in [1.82, 2.24) is 25.7 Å². The second-order valence-electron chi connectivity index (χ2n) is 6.45. The van der Waals surface area contributed by atoms with Crippen LogP contribution < -0.4 is 10.6 Å². The van der Waals surface area contributed by atoms with E-state index in [-0.39, 0.29) is 0 Å². The standard InChI is InChI=1S/C19H27ClN6O2/c1-2-21-19(22-8-3-9-26-10-12-27-13-11-26)23-14-17-24-18(25-28-17)15-4-6-16(20)7-5-15/h4-7H,2-3,8-14H2,1H3,(H2,21,22,23). The number of nitrogens with zero attached hydrogens (tertiary/aromatic N) is 4. The Balaban J connectivity index is 1.47. The van der Waals surface area contributed by atoms with Crippen molar-refractivity contribution >= 4 is 17.6 Å². The maximum absolute atomic E-state index is 5.91. The molecule has 2 aromatic rings. The van der Waals surface area contributed by atoms with Crippen LogP contribution in [0.15, 0.2) is 33.8 Å². The van der Waals surface area contributed by atoms with Crippen LogP contribution in [0.2, 0.25) is 5.02 Å². The summed E-state index contributed by atoms with van der Waals surface area (Å²) in [6.07, 6.45) is 1.05. The van der Waals surface area contributed by atoms with Gasteiger partial charge in [-0.3, -0.25) is 4.90 Å². The maximum atomic E-state index is 5.91. The van der Waals surface area contributed by atoms with E-state index in [1.54, 1.807) is 12.1 Å². The minimum absolute atomic E-state index is 0.319. The molecule has 1 aliphatic rings. The van der Waals surface area contributed by atoms with Gasteiger partial charge >= 0.3 is 0 Å². The van der Waals surface area contributed by atoms with Crippen molar-refractivity contribution in [1.29, 1.82) is 0 Å². The first-order valence-electron chi connectivity index (χ1n) is 9.65. The highest BCUT2D eigenvalue weighted by atomic mass is 35.5. The summed E-state index contributed by atoms with van der Waals surface area (Å²) in [6, 6.07) is 7.32. The van der Waals surface area contributed by atoms with Crippen molar-refractivity contribution in [2.75, 3.05) is 45.9 Å². The first kappa shape index (κ1) is 20.6. The van der Waals surface area contributed by atoms with Crippen molar-refractivity contribution in [2.24, 2.45) is 4.99 Å². The molecule has 2 N–H and O–H groups in total. The summed E-state index contributed by atoms with van der Waals surface area (Å²) >= 11 is 5.91. The quantitative estimate of drug-likeness (QED) is 0.394. The largest absolute Gasteiger partial charge is 0.379 e. The van der Waals surface area contributed by atoms with Gasteiger partial charge in [-0.2, -0.15) is 4.98 Å². The lowest BCUT2D eigenvalue weighted by Gasteiger charge is -2.26. The third-order valence-electron chi connectivity index (χ3n) is 4.33. The topological polar surface area (TPSA) is 87.8 Å². The smallest absolute Gasteiger partial charge is 0.248 e. The van der Waals surface area contributed by atoms with Crippen LogP contribution in [0.4, 0.5) is 0 Å². The Hall–Kier alpha value is -2.16. The van der Waals surface area contributed by atoms with E-state index >= 15 is 0 Å². The highest BCUT2D eigenvalue weighted by molar-refractivity contribution is 6.30. The fraction of sp³-hybridized carbons (Fsp3) is 0.526. The molecule has 9 heteroatoms. The Bertz CT molecular complexity index is 743. The first-order valence-corrected chi connectivity index (χ1v) is 10.0. The lowest BCUT2D eigenvalue weighted by Crippen LogP contribution is -2.40. The number of aliphatic imine (C=N–C) groups is 1. The number of morpholine rings is 1. The Morgan fingerprint density at radius 3 is 2.75 bits per heavy atom. The van der Waals surface area contributed by atoms with Crippen molar-refractivity contribution in [3.05, 3.63) is 35.2 Å². The lowest BCUT2D eigenvalue weighted by atomic mass is 10.2. The molecule has 28 heavy (non-hydrogen) atoms. The first-order chi connectivity index (χ1) is 13.7. The minimum Gasteiger partial charge on any atom is -0.379 e. The molecular weight excluding hydrogens is 380 g/mol. The second kappa shape index (κ2) is 11.0. The molecule has 0 bridgehead atoms. The number of halogens is 1. The number of hydrogen-bond donors (Lipinski definition) is 2. The van der Waals surface area contributed by atoms with Crippen molar-refractivity contribution in [2.45, 2.75) is 19.9 Å². The molecule has 152 valence electrons. The number of nitrogens with one attached hydrogen (secondary N) is 2. The van der Waals surface area contributed by atoms with Gasteiger partial charge in [-0.05, 0) is 44.2 Å². The summed E-state index contributed by atoms with van der Waals surface area (Å²) in [5.74, 6) is 1.75. The van der Waals surface area contributed by atoms with Gasteiger partial charge in [0.05, 0.1) is 13.2 Å². The molecular formula is C19H27ClN6O2. The molecule has 0 aliphatic carbocycles. The molecule has 1 aromatic carbocycles. The molecule has 1 fully saturated rings. The zero-order valence-electron chi connectivity index (χ0n) is 16.2. The molecule has 8 nitrogen and oxygen atoms in total. The van der Waals surface area contributed by atoms with E-state index in [2.05, 4.69) is 30.7 Å². The molecule has 0 unspecified atom stereocenters. The third kappa shape index (κ3) is 6.47. The second-order valence-corrected chi connectivity index (χ2v) is 6.88. The van der Waals surface area contributed by atoms with Gasteiger partial charge in [-0.25, -0.2) is 4.99 Å². The summed E-state index contributed by atoms with van der Waals surface area (Å²) in [6.45, 7) is 8.75. The SMILES string of the molecule is CCNC(=NCc1nc(-c2ccc(Cl)cc2)no1)NCCCN1CCOCC1. The van der Waals surface area contributed by atoms with E-state index in [9.17, 15) is 0 Å². The molecule has 0 radical (unpaired) electrons. The van der Waals surface area contributed by atoms with Crippen molar-refractivity contribution < 1.29 is 9.26 Å².